The monoisotopic (exact) mass is 492 g/mol. The van der Waals surface area contributed by atoms with E-state index >= 15 is 0 Å². The molecule has 0 spiro atoms. The van der Waals surface area contributed by atoms with E-state index in [-0.39, 0.29) is 6.54 Å². The number of carbonyl (C=O) groups is 1. The molecule has 0 unspecified atom stereocenters. The number of nitrogens with zero attached hydrogens (tertiary/aromatic N) is 1. The van der Waals surface area contributed by atoms with E-state index in [1.165, 1.54) is 73.1 Å². The van der Waals surface area contributed by atoms with Gasteiger partial charge in [0.1, 0.15) is 17.3 Å². The second-order valence-electron chi connectivity index (χ2n) is 7.08. The van der Waals surface area contributed by atoms with E-state index in [9.17, 15) is 17.6 Å². The van der Waals surface area contributed by atoms with E-state index < -0.39 is 21.7 Å². The van der Waals surface area contributed by atoms with E-state index in [0.29, 0.717) is 39.0 Å². The van der Waals surface area contributed by atoms with Gasteiger partial charge in [-0.1, -0.05) is 23.7 Å². The number of halogens is 2. The zero-order valence-electron chi connectivity index (χ0n) is 18.1. The maximum Gasteiger partial charge on any atom is 0.255 e. The highest BCUT2D eigenvalue weighted by molar-refractivity contribution is 7.92. The molecule has 10 heteroatoms. The number of anilines is 2. The number of benzene rings is 3. The Bertz CT molecular complexity index is 1250. The average molecular weight is 493 g/mol. The molecule has 0 saturated heterocycles. The fourth-order valence-corrected chi connectivity index (χ4v) is 4.21. The normalized spacial score (nSPS) is 11.1. The number of hydrogen-bond acceptors (Lipinski definition) is 5. The number of methoxy groups -OCH3 is 2. The van der Waals surface area contributed by atoms with Gasteiger partial charge in [-0.25, -0.2) is 12.8 Å². The van der Waals surface area contributed by atoms with Crippen LogP contribution in [0.15, 0.2) is 60.7 Å². The molecule has 0 heterocycles. The molecule has 0 saturated carbocycles. The highest BCUT2D eigenvalue weighted by atomic mass is 35.5. The van der Waals surface area contributed by atoms with E-state index in [0.717, 1.165) is 6.26 Å². The average Bonchev–Trinajstić information content (AvgIpc) is 2.78. The third-order valence-electron chi connectivity index (χ3n) is 4.78. The number of hydrogen-bond donors (Lipinski definition) is 1. The Morgan fingerprint density at radius 1 is 1.00 bits per heavy atom. The third-order valence-corrected chi connectivity index (χ3v) is 6.22. The lowest BCUT2D eigenvalue weighted by Crippen LogP contribution is -2.29. The molecular weight excluding hydrogens is 471 g/mol. The lowest BCUT2D eigenvalue weighted by Gasteiger charge is -2.23. The molecule has 0 aliphatic rings. The van der Waals surface area contributed by atoms with Gasteiger partial charge >= 0.3 is 0 Å². The minimum atomic E-state index is -3.63. The summed E-state index contributed by atoms with van der Waals surface area (Å²) < 4.78 is 49.5. The first-order chi connectivity index (χ1) is 15.6. The molecule has 33 heavy (non-hydrogen) atoms. The van der Waals surface area contributed by atoms with Crippen LogP contribution in [0.25, 0.3) is 0 Å². The van der Waals surface area contributed by atoms with Crippen molar-refractivity contribution in [2.24, 2.45) is 0 Å². The summed E-state index contributed by atoms with van der Waals surface area (Å²) in [5.41, 5.74) is 1.64. The molecule has 3 aromatic rings. The number of amides is 1. The van der Waals surface area contributed by atoms with Gasteiger partial charge in [-0.2, -0.15) is 0 Å². The summed E-state index contributed by atoms with van der Waals surface area (Å²) >= 11 is 6.09. The number of ether oxygens (including phenoxy) is 2. The maximum atomic E-state index is 13.2. The van der Waals surface area contributed by atoms with E-state index in [4.69, 9.17) is 21.1 Å². The Balaban J connectivity index is 1.83. The van der Waals surface area contributed by atoms with Crippen LogP contribution < -0.4 is 19.1 Å². The van der Waals surface area contributed by atoms with Crippen molar-refractivity contribution < 1.29 is 27.1 Å². The fourth-order valence-electron chi connectivity index (χ4n) is 3.09. The molecule has 0 bridgehead atoms. The quantitative estimate of drug-likeness (QED) is 0.492. The van der Waals surface area contributed by atoms with Crippen LogP contribution in [0.4, 0.5) is 15.8 Å². The lowest BCUT2D eigenvalue weighted by atomic mass is 10.1. The van der Waals surface area contributed by atoms with Gasteiger partial charge in [-0.3, -0.25) is 9.10 Å². The third kappa shape index (κ3) is 5.94. The molecule has 1 N–H and O–H groups in total. The lowest BCUT2D eigenvalue weighted by molar-refractivity contribution is 0.102. The smallest absolute Gasteiger partial charge is 0.255 e. The van der Waals surface area contributed by atoms with Crippen molar-refractivity contribution in [2.75, 3.05) is 30.1 Å². The van der Waals surface area contributed by atoms with Crippen LogP contribution in [0, 0.1) is 5.82 Å². The summed E-state index contributed by atoms with van der Waals surface area (Å²) in [6.45, 7) is 0.0203. The Hall–Kier alpha value is -3.30. The van der Waals surface area contributed by atoms with Crippen molar-refractivity contribution >= 4 is 38.9 Å². The number of sulfonamides is 1. The predicted octanol–water partition coefficient (Wildman–Crippen LogP) is 4.71. The molecule has 3 aromatic carbocycles. The molecule has 0 aromatic heterocycles. The van der Waals surface area contributed by atoms with Crippen LogP contribution in [-0.4, -0.2) is 34.8 Å². The molecule has 174 valence electrons. The van der Waals surface area contributed by atoms with Gasteiger partial charge in [0.05, 0.1) is 43.4 Å². The highest BCUT2D eigenvalue weighted by Gasteiger charge is 2.19. The molecular formula is C23H22ClFN2O5S. The second kappa shape index (κ2) is 10.1. The Morgan fingerprint density at radius 3 is 2.15 bits per heavy atom. The Kier molecular flexibility index (Phi) is 7.45. The maximum absolute atomic E-state index is 13.2. The van der Waals surface area contributed by atoms with Gasteiger partial charge in [-0.05, 0) is 42.0 Å². The van der Waals surface area contributed by atoms with E-state index in [1.807, 2.05) is 0 Å². The van der Waals surface area contributed by atoms with Crippen molar-refractivity contribution in [1.29, 1.82) is 0 Å². The first kappa shape index (κ1) is 24.3. The Morgan fingerprint density at radius 2 is 1.61 bits per heavy atom. The second-order valence-corrected chi connectivity index (χ2v) is 9.40. The van der Waals surface area contributed by atoms with Crippen molar-refractivity contribution in [3.8, 4) is 11.5 Å². The summed E-state index contributed by atoms with van der Waals surface area (Å²) in [5, 5.41) is 3.07. The number of rotatable bonds is 8. The van der Waals surface area contributed by atoms with Crippen molar-refractivity contribution in [3.63, 3.8) is 0 Å². The molecule has 0 atom stereocenters. The predicted molar refractivity (Wildman–Crippen MR) is 126 cm³/mol. The summed E-state index contributed by atoms with van der Waals surface area (Å²) in [5.74, 6) is -0.121. The van der Waals surface area contributed by atoms with Crippen LogP contribution in [0.3, 0.4) is 0 Å². The number of carbonyl (C=O) groups excluding carboxylic acids is 1. The molecule has 1 amide bonds. The molecule has 0 fully saturated rings. The summed E-state index contributed by atoms with van der Waals surface area (Å²) in [4.78, 5) is 12.8. The van der Waals surface area contributed by atoms with E-state index in [1.54, 1.807) is 6.07 Å². The standard InChI is InChI=1S/C23H22ClFN2O5S/c1-31-21-13-20(22(32-2)12-19(21)24)26-23(28)16-6-10-18(11-7-16)27(33(3,29)30)14-15-4-8-17(25)9-5-15/h4-13H,14H2,1-3H3,(H,26,28). The molecule has 0 aliphatic carbocycles. The minimum absolute atomic E-state index is 0.0203. The minimum Gasteiger partial charge on any atom is -0.495 e. The first-order valence-corrected chi connectivity index (χ1v) is 11.9. The van der Waals surface area contributed by atoms with Gasteiger partial charge in [-0.15, -0.1) is 0 Å². The molecule has 3 rings (SSSR count). The van der Waals surface area contributed by atoms with Gasteiger partial charge in [0, 0.05) is 17.7 Å². The van der Waals surface area contributed by atoms with Gasteiger partial charge < -0.3 is 14.8 Å². The summed E-state index contributed by atoms with van der Waals surface area (Å²) in [7, 11) is -0.729. The Labute approximate surface area is 196 Å². The van der Waals surface area contributed by atoms with Crippen molar-refractivity contribution in [3.05, 3.63) is 82.6 Å². The summed E-state index contributed by atoms with van der Waals surface area (Å²) in [6, 6.07) is 14.7. The largest absolute Gasteiger partial charge is 0.495 e. The van der Waals surface area contributed by atoms with Crippen LogP contribution >= 0.6 is 11.6 Å². The number of nitrogens with one attached hydrogen (secondary N) is 1. The fraction of sp³-hybridized carbons (Fsp3) is 0.174. The van der Waals surface area contributed by atoms with Crippen LogP contribution in [0.1, 0.15) is 15.9 Å². The van der Waals surface area contributed by atoms with Gasteiger partial charge in [0.25, 0.3) is 5.91 Å². The zero-order chi connectivity index (χ0) is 24.2. The summed E-state index contributed by atoms with van der Waals surface area (Å²) in [6.07, 6.45) is 1.08. The van der Waals surface area contributed by atoms with E-state index in [2.05, 4.69) is 5.32 Å². The SMILES string of the molecule is COc1cc(NC(=O)c2ccc(N(Cc3ccc(F)cc3)S(C)(=O)=O)cc2)c(OC)cc1Cl. The first-order valence-electron chi connectivity index (χ1n) is 9.67. The van der Waals surface area contributed by atoms with Gasteiger partial charge in [0.2, 0.25) is 10.0 Å². The molecule has 0 radical (unpaired) electrons. The van der Waals surface area contributed by atoms with Gasteiger partial charge in [0.15, 0.2) is 0 Å². The van der Waals surface area contributed by atoms with Crippen molar-refractivity contribution in [1.82, 2.24) is 0 Å². The zero-order valence-corrected chi connectivity index (χ0v) is 19.7. The highest BCUT2D eigenvalue weighted by Crippen LogP contribution is 2.36. The molecule has 7 nitrogen and oxygen atoms in total. The van der Waals surface area contributed by atoms with Crippen molar-refractivity contribution in [2.45, 2.75) is 6.54 Å². The molecule has 0 aliphatic heterocycles. The van der Waals surface area contributed by atoms with Crippen LogP contribution in [-0.2, 0) is 16.6 Å². The topological polar surface area (TPSA) is 84.9 Å². The van der Waals surface area contributed by atoms with Crippen LogP contribution in [0.5, 0.6) is 11.5 Å². The van der Waals surface area contributed by atoms with Crippen LogP contribution in [0.2, 0.25) is 5.02 Å².